The zero-order valence-electron chi connectivity index (χ0n) is 12.2. The second kappa shape index (κ2) is 5.89. The van der Waals surface area contributed by atoms with Gasteiger partial charge in [0.2, 0.25) is 0 Å². The highest BCUT2D eigenvalue weighted by Gasteiger charge is 2.28. The summed E-state index contributed by atoms with van der Waals surface area (Å²) < 4.78 is 0.920. The molecule has 6 heteroatoms. The van der Waals surface area contributed by atoms with Gasteiger partial charge in [-0.15, -0.1) is 0 Å². The topological polar surface area (TPSA) is 73.1 Å². The highest BCUT2D eigenvalue weighted by atomic mass is 79.9. The van der Waals surface area contributed by atoms with Crippen LogP contribution in [0.15, 0.2) is 57.6 Å². The molecule has 0 bridgehead atoms. The second-order valence-electron chi connectivity index (χ2n) is 5.08. The van der Waals surface area contributed by atoms with E-state index in [9.17, 15) is 15.0 Å². The lowest BCUT2D eigenvalue weighted by Crippen LogP contribution is -2.21. The Labute approximate surface area is 141 Å². The maximum Gasteiger partial charge on any atom is 0.280 e. The van der Waals surface area contributed by atoms with Gasteiger partial charge in [-0.3, -0.25) is 4.79 Å². The van der Waals surface area contributed by atoms with Crippen LogP contribution in [0, 0.1) is 0 Å². The van der Waals surface area contributed by atoms with Crippen molar-refractivity contribution >= 4 is 39.3 Å². The van der Waals surface area contributed by atoms with E-state index in [4.69, 9.17) is 0 Å². The van der Waals surface area contributed by atoms with Gasteiger partial charge in [-0.25, -0.2) is 0 Å². The zero-order valence-corrected chi connectivity index (χ0v) is 13.8. The summed E-state index contributed by atoms with van der Waals surface area (Å²) in [4.78, 5) is 12.6. The molecule has 2 aromatic carbocycles. The van der Waals surface area contributed by atoms with E-state index in [-0.39, 0.29) is 17.4 Å². The van der Waals surface area contributed by atoms with Gasteiger partial charge in [-0.1, -0.05) is 22.0 Å². The van der Waals surface area contributed by atoms with Crippen molar-refractivity contribution in [3.8, 4) is 11.5 Å². The fourth-order valence-electron chi connectivity index (χ4n) is 2.24. The number of phenols is 2. The van der Waals surface area contributed by atoms with Crippen LogP contribution in [0.4, 0.5) is 5.69 Å². The number of nitrogens with zero attached hydrogens (tertiary/aromatic N) is 2. The summed E-state index contributed by atoms with van der Waals surface area (Å²) in [5.74, 6) is -0.673. The smallest absolute Gasteiger partial charge is 0.280 e. The van der Waals surface area contributed by atoms with Crippen molar-refractivity contribution in [2.45, 2.75) is 6.92 Å². The standard InChI is InChI=1S/C17H13BrN2O3/c1-10-14(8-11-2-7-15(21)16(22)9-11)17(23)20(19-10)13-5-3-12(18)4-6-13/h2-9,21-22H,1H3/b14-8-. The van der Waals surface area contributed by atoms with Gasteiger partial charge in [-0.2, -0.15) is 10.1 Å². The lowest BCUT2D eigenvalue weighted by molar-refractivity contribution is -0.114. The Bertz CT molecular complexity index is 841. The molecule has 1 aliphatic heterocycles. The van der Waals surface area contributed by atoms with Gasteiger partial charge in [-0.05, 0) is 55.0 Å². The van der Waals surface area contributed by atoms with Crippen LogP contribution < -0.4 is 5.01 Å². The minimum Gasteiger partial charge on any atom is -0.504 e. The third-order valence-corrected chi connectivity index (χ3v) is 3.97. The molecule has 2 N–H and O–H groups in total. The largest absolute Gasteiger partial charge is 0.504 e. The normalized spacial score (nSPS) is 16.1. The third kappa shape index (κ3) is 2.98. The molecule has 0 spiro atoms. The van der Waals surface area contributed by atoms with E-state index < -0.39 is 0 Å². The molecule has 0 saturated carbocycles. The Kier molecular flexibility index (Phi) is 3.92. The van der Waals surface area contributed by atoms with Gasteiger partial charge in [0.15, 0.2) is 11.5 Å². The molecule has 0 unspecified atom stereocenters. The quantitative estimate of drug-likeness (QED) is 0.623. The third-order valence-electron chi connectivity index (χ3n) is 3.44. The van der Waals surface area contributed by atoms with Gasteiger partial charge >= 0.3 is 0 Å². The fourth-order valence-corrected chi connectivity index (χ4v) is 2.50. The highest BCUT2D eigenvalue weighted by molar-refractivity contribution is 9.10. The lowest BCUT2D eigenvalue weighted by atomic mass is 10.1. The van der Waals surface area contributed by atoms with Gasteiger partial charge < -0.3 is 10.2 Å². The first-order valence-corrected chi connectivity index (χ1v) is 7.64. The monoisotopic (exact) mass is 372 g/mol. The van der Waals surface area contributed by atoms with Crippen LogP contribution in [0.3, 0.4) is 0 Å². The number of rotatable bonds is 2. The summed E-state index contributed by atoms with van der Waals surface area (Å²) in [6.07, 6.45) is 1.64. The average Bonchev–Trinajstić information content (AvgIpc) is 2.80. The first-order valence-electron chi connectivity index (χ1n) is 6.85. The van der Waals surface area contributed by atoms with E-state index in [2.05, 4.69) is 21.0 Å². The molecule has 0 radical (unpaired) electrons. The molecule has 1 amide bonds. The maximum absolute atomic E-state index is 12.6. The Morgan fingerprint density at radius 1 is 1.09 bits per heavy atom. The number of phenolic OH excluding ortho intramolecular Hbond substituents is 2. The molecule has 3 rings (SSSR count). The van der Waals surface area contributed by atoms with Crippen LogP contribution in [0.25, 0.3) is 6.08 Å². The van der Waals surface area contributed by atoms with E-state index in [1.54, 1.807) is 31.2 Å². The predicted molar refractivity (Wildman–Crippen MR) is 92.5 cm³/mol. The van der Waals surface area contributed by atoms with Crippen LogP contribution in [0.1, 0.15) is 12.5 Å². The van der Waals surface area contributed by atoms with E-state index in [1.165, 1.54) is 17.1 Å². The molecule has 116 valence electrons. The van der Waals surface area contributed by atoms with Crippen LogP contribution in [-0.2, 0) is 4.79 Å². The van der Waals surface area contributed by atoms with Crippen molar-refractivity contribution in [1.29, 1.82) is 0 Å². The number of amides is 1. The van der Waals surface area contributed by atoms with Gasteiger partial charge in [0, 0.05) is 4.47 Å². The van der Waals surface area contributed by atoms with Crippen LogP contribution in [0.5, 0.6) is 11.5 Å². The minimum atomic E-state index is -0.239. The van der Waals surface area contributed by atoms with Gasteiger partial charge in [0.25, 0.3) is 5.91 Å². The number of carbonyl (C=O) groups is 1. The number of benzene rings is 2. The fraction of sp³-hybridized carbons (Fsp3) is 0.0588. The summed E-state index contributed by atoms with van der Waals surface area (Å²) in [6.45, 7) is 1.75. The molecular weight excluding hydrogens is 360 g/mol. The number of halogens is 1. The summed E-state index contributed by atoms with van der Waals surface area (Å²) >= 11 is 3.35. The summed E-state index contributed by atoms with van der Waals surface area (Å²) in [5.41, 5.74) is 2.31. The second-order valence-corrected chi connectivity index (χ2v) is 6.00. The molecular formula is C17H13BrN2O3. The molecule has 1 aliphatic rings. The molecule has 1 heterocycles. The number of aromatic hydroxyl groups is 2. The molecule has 0 aromatic heterocycles. The summed E-state index contributed by atoms with van der Waals surface area (Å²) in [6, 6.07) is 11.7. The maximum atomic E-state index is 12.6. The van der Waals surface area contributed by atoms with E-state index in [0.29, 0.717) is 22.5 Å². The van der Waals surface area contributed by atoms with Crippen LogP contribution >= 0.6 is 15.9 Å². The van der Waals surface area contributed by atoms with Crippen LogP contribution in [-0.4, -0.2) is 21.8 Å². The number of anilines is 1. The zero-order chi connectivity index (χ0) is 16.6. The predicted octanol–water partition coefficient (Wildman–Crippen LogP) is 3.67. The molecule has 0 fully saturated rings. The minimum absolute atomic E-state index is 0.202. The van der Waals surface area contributed by atoms with E-state index >= 15 is 0 Å². The SMILES string of the molecule is CC1=NN(c2ccc(Br)cc2)C(=O)/C1=C\c1ccc(O)c(O)c1. The number of hydrazone groups is 1. The van der Waals surface area contributed by atoms with Gasteiger partial charge in [0.1, 0.15) is 0 Å². The first kappa shape index (κ1) is 15.3. The summed E-state index contributed by atoms with van der Waals surface area (Å²) in [7, 11) is 0. The number of hydrogen-bond donors (Lipinski definition) is 2. The number of hydrogen-bond acceptors (Lipinski definition) is 4. The summed E-state index contributed by atoms with van der Waals surface area (Å²) in [5, 5.41) is 24.5. The highest BCUT2D eigenvalue weighted by Crippen LogP contribution is 2.29. The molecule has 5 nitrogen and oxygen atoms in total. The Hall–Kier alpha value is -2.60. The molecule has 0 saturated heterocycles. The first-order chi connectivity index (χ1) is 11.0. The Morgan fingerprint density at radius 2 is 1.78 bits per heavy atom. The van der Waals surface area contributed by atoms with Crippen molar-refractivity contribution in [2.24, 2.45) is 5.10 Å². The van der Waals surface area contributed by atoms with E-state index in [0.717, 1.165) is 4.47 Å². The molecule has 0 aliphatic carbocycles. The van der Waals surface area contributed by atoms with Crippen LogP contribution in [0.2, 0.25) is 0 Å². The Balaban J connectivity index is 1.94. The number of carbonyl (C=O) groups excluding carboxylic acids is 1. The van der Waals surface area contributed by atoms with Crippen molar-refractivity contribution in [2.75, 3.05) is 5.01 Å². The van der Waals surface area contributed by atoms with E-state index in [1.807, 2.05) is 12.1 Å². The van der Waals surface area contributed by atoms with Crippen molar-refractivity contribution in [3.63, 3.8) is 0 Å². The average molecular weight is 373 g/mol. The van der Waals surface area contributed by atoms with Crippen molar-refractivity contribution in [3.05, 3.63) is 58.1 Å². The molecule has 23 heavy (non-hydrogen) atoms. The Morgan fingerprint density at radius 3 is 2.43 bits per heavy atom. The lowest BCUT2D eigenvalue weighted by Gasteiger charge is -2.11. The van der Waals surface area contributed by atoms with Crippen molar-refractivity contribution in [1.82, 2.24) is 0 Å². The van der Waals surface area contributed by atoms with Crippen molar-refractivity contribution < 1.29 is 15.0 Å². The molecule has 0 atom stereocenters. The molecule has 2 aromatic rings. The van der Waals surface area contributed by atoms with Gasteiger partial charge in [0.05, 0.1) is 17.0 Å².